The van der Waals surface area contributed by atoms with Gasteiger partial charge in [-0.1, -0.05) is 0 Å². The van der Waals surface area contributed by atoms with E-state index >= 15 is 0 Å². The highest BCUT2D eigenvalue weighted by molar-refractivity contribution is 5.81. The normalized spacial score (nSPS) is 40.2. The monoisotopic (exact) mass is 201 g/mol. The van der Waals surface area contributed by atoms with Crippen LogP contribution in [-0.2, 0) is 4.79 Å². The van der Waals surface area contributed by atoms with E-state index in [1.165, 1.54) is 0 Å². The molecule has 2 aliphatic rings. The summed E-state index contributed by atoms with van der Waals surface area (Å²) >= 11 is 0. The molecule has 0 aromatic heterocycles. The molecule has 2 bridgehead atoms. The molecule has 0 spiro atoms. The number of nitrogens with zero attached hydrogens (tertiary/aromatic N) is 1. The molecule has 78 valence electrons. The molecule has 4 unspecified atom stereocenters. The maximum absolute atomic E-state index is 10.8. The number of hydrogen-bond donors (Lipinski definition) is 3. The van der Waals surface area contributed by atoms with Crippen LogP contribution in [0.15, 0.2) is 0 Å². The summed E-state index contributed by atoms with van der Waals surface area (Å²) in [5.74, 6) is -1.35. The second-order valence-electron chi connectivity index (χ2n) is 3.84. The summed E-state index contributed by atoms with van der Waals surface area (Å²) in [4.78, 5) is 22.5. The summed E-state index contributed by atoms with van der Waals surface area (Å²) in [5, 5.41) is 27.1. The fourth-order valence-electron chi connectivity index (χ4n) is 2.60. The quantitative estimate of drug-likeness (QED) is 0.535. The molecule has 1 saturated heterocycles. The van der Waals surface area contributed by atoms with Crippen LogP contribution in [-0.4, -0.2) is 50.5 Å². The summed E-state index contributed by atoms with van der Waals surface area (Å²) in [6, 6.07) is -1.50. The zero-order chi connectivity index (χ0) is 10.5. The summed E-state index contributed by atoms with van der Waals surface area (Å²) in [6.45, 7) is 0. The van der Waals surface area contributed by atoms with Gasteiger partial charge in [0.15, 0.2) is 0 Å². The van der Waals surface area contributed by atoms with E-state index in [0.717, 1.165) is 4.90 Å². The van der Waals surface area contributed by atoms with Gasteiger partial charge in [-0.3, -0.25) is 4.90 Å². The zero-order valence-corrected chi connectivity index (χ0v) is 7.33. The van der Waals surface area contributed by atoms with E-state index in [-0.39, 0.29) is 5.92 Å². The van der Waals surface area contributed by atoms with Crippen molar-refractivity contribution >= 4 is 12.1 Å². The molecule has 1 aliphatic heterocycles. The van der Waals surface area contributed by atoms with Crippen LogP contribution in [0.25, 0.3) is 0 Å². The third-order valence-electron chi connectivity index (χ3n) is 3.11. The predicted octanol–water partition coefficient (Wildman–Crippen LogP) is -0.427. The molecule has 0 aromatic carbocycles. The van der Waals surface area contributed by atoms with Gasteiger partial charge in [0.05, 0.1) is 12.1 Å². The molecule has 1 heterocycles. The zero-order valence-electron chi connectivity index (χ0n) is 7.33. The van der Waals surface area contributed by atoms with Gasteiger partial charge in [-0.25, -0.2) is 9.59 Å². The van der Waals surface area contributed by atoms with Crippen molar-refractivity contribution in [3.05, 3.63) is 0 Å². The summed E-state index contributed by atoms with van der Waals surface area (Å²) in [6.07, 6.45) is -1.11. The van der Waals surface area contributed by atoms with E-state index in [4.69, 9.17) is 10.2 Å². The van der Waals surface area contributed by atoms with E-state index in [1.807, 2.05) is 0 Å². The molecule has 0 radical (unpaired) electrons. The highest BCUT2D eigenvalue weighted by Gasteiger charge is 2.55. The van der Waals surface area contributed by atoms with Crippen LogP contribution in [0.2, 0.25) is 0 Å². The van der Waals surface area contributed by atoms with Crippen molar-refractivity contribution in [3.8, 4) is 0 Å². The third-order valence-corrected chi connectivity index (χ3v) is 3.11. The summed E-state index contributed by atoms with van der Waals surface area (Å²) in [7, 11) is 0. The average Bonchev–Trinajstić information content (AvgIpc) is 2.58. The van der Waals surface area contributed by atoms with Crippen LogP contribution < -0.4 is 0 Å². The minimum absolute atomic E-state index is 0.233. The van der Waals surface area contributed by atoms with Crippen LogP contribution in [0, 0.1) is 5.92 Å². The van der Waals surface area contributed by atoms with Gasteiger partial charge in [0, 0.05) is 0 Å². The Hall–Kier alpha value is -1.30. The molecule has 0 aromatic rings. The van der Waals surface area contributed by atoms with Crippen molar-refractivity contribution in [2.75, 3.05) is 0 Å². The summed E-state index contributed by atoms with van der Waals surface area (Å²) < 4.78 is 0. The van der Waals surface area contributed by atoms with Crippen LogP contribution in [0.1, 0.15) is 12.8 Å². The first-order valence-electron chi connectivity index (χ1n) is 4.44. The van der Waals surface area contributed by atoms with Gasteiger partial charge in [-0.05, 0) is 18.8 Å². The Balaban J connectivity index is 2.27. The van der Waals surface area contributed by atoms with Gasteiger partial charge in [0.25, 0.3) is 0 Å². The second kappa shape index (κ2) is 2.84. The number of aliphatic hydroxyl groups excluding tert-OH is 1. The summed E-state index contributed by atoms with van der Waals surface area (Å²) in [5.41, 5.74) is 0. The van der Waals surface area contributed by atoms with Crippen molar-refractivity contribution < 1.29 is 24.9 Å². The molecular weight excluding hydrogens is 190 g/mol. The molecule has 4 atom stereocenters. The molecule has 3 N–H and O–H groups in total. The molecule has 2 rings (SSSR count). The number of carboxylic acid groups (broad SMARTS) is 2. The van der Waals surface area contributed by atoms with E-state index in [1.54, 1.807) is 0 Å². The number of fused-ring (bicyclic) bond motifs is 2. The maximum atomic E-state index is 10.8. The minimum Gasteiger partial charge on any atom is -0.480 e. The lowest BCUT2D eigenvalue weighted by Crippen LogP contribution is -2.53. The number of piperidine rings is 1. The number of aliphatic hydroxyl groups is 1. The Labute approximate surface area is 79.7 Å². The van der Waals surface area contributed by atoms with E-state index in [2.05, 4.69) is 0 Å². The fourth-order valence-corrected chi connectivity index (χ4v) is 2.60. The molecule has 1 aliphatic carbocycles. The number of aliphatic carboxylic acids is 1. The van der Waals surface area contributed by atoms with Gasteiger partial charge in [-0.15, -0.1) is 0 Å². The Morgan fingerprint density at radius 1 is 1.21 bits per heavy atom. The molecule has 1 saturated carbocycles. The van der Waals surface area contributed by atoms with Crippen molar-refractivity contribution in [2.45, 2.75) is 31.0 Å². The lowest BCUT2D eigenvalue weighted by molar-refractivity contribution is -0.145. The highest BCUT2D eigenvalue weighted by Crippen LogP contribution is 2.42. The average molecular weight is 201 g/mol. The number of carbonyl (C=O) groups is 2. The number of amides is 1. The van der Waals surface area contributed by atoms with Gasteiger partial charge >= 0.3 is 12.1 Å². The van der Waals surface area contributed by atoms with Gasteiger partial charge in [0.1, 0.15) is 6.04 Å². The lowest BCUT2D eigenvalue weighted by Gasteiger charge is -2.32. The Bertz CT molecular complexity index is 291. The number of likely N-dealkylation sites (tertiary alicyclic amines) is 1. The second-order valence-corrected chi connectivity index (χ2v) is 3.84. The molecule has 2 fully saturated rings. The molecular formula is C8H11NO5. The van der Waals surface area contributed by atoms with Gasteiger partial charge < -0.3 is 15.3 Å². The first kappa shape index (κ1) is 9.26. The molecule has 1 amide bonds. The Kier molecular flexibility index (Phi) is 1.88. The van der Waals surface area contributed by atoms with Gasteiger partial charge in [-0.2, -0.15) is 0 Å². The molecule has 6 heteroatoms. The number of rotatable bonds is 1. The standard InChI is InChI=1S/C8H11NO5/c10-5-2-3-1-4(5)9(8(13)14)6(3)7(11)12/h3-6,10H,1-2H2,(H,11,12)(H,13,14). The Morgan fingerprint density at radius 2 is 1.86 bits per heavy atom. The third kappa shape index (κ3) is 1.07. The maximum Gasteiger partial charge on any atom is 0.408 e. The van der Waals surface area contributed by atoms with Crippen LogP contribution in [0.3, 0.4) is 0 Å². The highest BCUT2D eigenvalue weighted by atomic mass is 16.4. The van der Waals surface area contributed by atoms with Crippen molar-refractivity contribution in [2.24, 2.45) is 5.92 Å². The van der Waals surface area contributed by atoms with E-state index in [9.17, 15) is 14.7 Å². The molecule has 6 nitrogen and oxygen atoms in total. The number of carboxylic acids is 1. The fraction of sp³-hybridized carbons (Fsp3) is 0.750. The first-order chi connectivity index (χ1) is 6.52. The van der Waals surface area contributed by atoms with Crippen molar-refractivity contribution in [1.29, 1.82) is 0 Å². The minimum atomic E-state index is -1.26. The van der Waals surface area contributed by atoms with Crippen LogP contribution >= 0.6 is 0 Å². The van der Waals surface area contributed by atoms with Crippen LogP contribution in [0.5, 0.6) is 0 Å². The largest absolute Gasteiger partial charge is 0.480 e. The van der Waals surface area contributed by atoms with Gasteiger partial charge in [0.2, 0.25) is 0 Å². The van der Waals surface area contributed by atoms with Crippen molar-refractivity contribution in [1.82, 2.24) is 4.90 Å². The smallest absolute Gasteiger partial charge is 0.408 e. The van der Waals surface area contributed by atoms with E-state index in [0.29, 0.717) is 12.8 Å². The topological polar surface area (TPSA) is 98.1 Å². The Morgan fingerprint density at radius 3 is 2.36 bits per heavy atom. The van der Waals surface area contributed by atoms with Crippen LogP contribution in [0.4, 0.5) is 4.79 Å². The predicted molar refractivity (Wildman–Crippen MR) is 43.8 cm³/mol. The SMILES string of the molecule is O=C(O)C1C2CC(O)C(C2)N1C(=O)O. The molecule has 14 heavy (non-hydrogen) atoms. The number of hydrogen-bond acceptors (Lipinski definition) is 3. The van der Waals surface area contributed by atoms with E-state index < -0.39 is 30.3 Å². The first-order valence-corrected chi connectivity index (χ1v) is 4.44. The van der Waals surface area contributed by atoms with Crippen molar-refractivity contribution in [3.63, 3.8) is 0 Å². The lowest BCUT2D eigenvalue weighted by atomic mass is 9.98.